The van der Waals surface area contributed by atoms with Crippen molar-refractivity contribution in [3.05, 3.63) is 54.1 Å². The van der Waals surface area contributed by atoms with Crippen LogP contribution in [0.15, 0.2) is 42.7 Å². The van der Waals surface area contributed by atoms with Gasteiger partial charge in [0.1, 0.15) is 19.4 Å². The second-order valence-corrected chi connectivity index (χ2v) is 17.6. The van der Waals surface area contributed by atoms with Crippen LogP contribution in [0, 0.1) is 11.8 Å². The molecule has 0 spiro atoms. The van der Waals surface area contributed by atoms with E-state index in [1.54, 1.807) is 17.0 Å². The Labute approximate surface area is 234 Å². The highest BCUT2D eigenvalue weighted by molar-refractivity contribution is 6.76. The minimum absolute atomic E-state index is 0.0970. The summed E-state index contributed by atoms with van der Waals surface area (Å²) in [7, 11) is -1.23. The van der Waals surface area contributed by atoms with Gasteiger partial charge in [0.15, 0.2) is 5.82 Å². The van der Waals surface area contributed by atoms with Crippen LogP contribution in [-0.4, -0.2) is 54.1 Å². The fourth-order valence-electron chi connectivity index (χ4n) is 3.92. The predicted octanol–water partition coefficient (Wildman–Crippen LogP) is 5.25. The van der Waals surface area contributed by atoms with Crippen LogP contribution in [0.1, 0.15) is 56.7 Å². The molecule has 0 saturated heterocycles. The molecule has 2 atom stereocenters. The molecular formula is C29H46N4O5Si. The van der Waals surface area contributed by atoms with E-state index < -0.39 is 32.2 Å². The molecule has 1 aromatic carbocycles. The number of amides is 2. The highest BCUT2D eigenvalue weighted by Gasteiger charge is 2.30. The fourth-order valence-corrected chi connectivity index (χ4v) is 4.68. The smallest absolute Gasteiger partial charge is 0.408 e. The van der Waals surface area contributed by atoms with E-state index in [-0.39, 0.29) is 36.8 Å². The molecule has 0 unspecified atom stereocenters. The van der Waals surface area contributed by atoms with Crippen LogP contribution < -0.4 is 10.6 Å². The number of rotatable bonds is 16. The first-order chi connectivity index (χ1) is 18.4. The molecule has 216 valence electrons. The standard InChI is InChI=1S/C29H46N4O5Si/c1-21(2)17-24(26(34)27-30-13-14-33(27)20-37-15-16-39(5,6)7)31-28(35)25(18-22(3)4)32-29(36)38-19-23-11-9-8-10-12-23/h8-14,21-22,24-25H,15-20H2,1-7H3,(H,31,35)(H,32,36)/t24-,25-/m0/s1. The van der Waals surface area contributed by atoms with Crippen molar-refractivity contribution >= 4 is 25.9 Å². The molecule has 39 heavy (non-hydrogen) atoms. The van der Waals surface area contributed by atoms with E-state index in [4.69, 9.17) is 9.47 Å². The SMILES string of the molecule is CC(C)C[C@H](NC(=O)OCc1ccccc1)C(=O)N[C@@H](CC(C)C)C(=O)c1nccn1COCC[Si](C)(C)C. The third-order valence-electron chi connectivity index (χ3n) is 6.03. The maximum atomic E-state index is 13.6. The van der Waals surface area contributed by atoms with Gasteiger partial charge in [-0.1, -0.05) is 77.7 Å². The van der Waals surface area contributed by atoms with Crippen molar-refractivity contribution in [3.63, 3.8) is 0 Å². The van der Waals surface area contributed by atoms with Crippen LogP contribution in [0.3, 0.4) is 0 Å². The molecular weight excluding hydrogens is 512 g/mol. The van der Waals surface area contributed by atoms with Crippen LogP contribution in [0.25, 0.3) is 0 Å². The van der Waals surface area contributed by atoms with E-state index >= 15 is 0 Å². The number of ketones is 1. The quantitative estimate of drug-likeness (QED) is 0.165. The van der Waals surface area contributed by atoms with E-state index in [0.29, 0.717) is 19.4 Å². The van der Waals surface area contributed by atoms with Crippen molar-refractivity contribution in [1.82, 2.24) is 20.2 Å². The van der Waals surface area contributed by atoms with Gasteiger partial charge in [0.25, 0.3) is 0 Å². The van der Waals surface area contributed by atoms with E-state index in [2.05, 4.69) is 35.3 Å². The Morgan fingerprint density at radius 1 is 0.949 bits per heavy atom. The summed E-state index contributed by atoms with van der Waals surface area (Å²) in [6.07, 6.45) is 3.42. The highest BCUT2D eigenvalue weighted by Crippen LogP contribution is 2.14. The Kier molecular flexibility index (Phi) is 12.9. The lowest BCUT2D eigenvalue weighted by atomic mass is 9.98. The van der Waals surface area contributed by atoms with Gasteiger partial charge in [0.05, 0.1) is 6.04 Å². The first-order valence-electron chi connectivity index (χ1n) is 13.8. The highest BCUT2D eigenvalue weighted by atomic mass is 28.3. The zero-order valence-corrected chi connectivity index (χ0v) is 25.5. The number of nitrogens with zero attached hydrogens (tertiary/aromatic N) is 2. The number of aromatic nitrogens is 2. The van der Waals surface area contributed by atoms with Crippen molar-refractivity contribution < 1.29 is 23.9 Å². The molecule has 0 saturated carbocycles. The number of benzene rings is 1. The number of carbonyl (C=O) groups excluding carboxylic acids is 3. The maximum absolute atomic E-state index is 13.6. The molecule has 9 nitrogen and oxygen atoms in total. The zero-order chi connectivity index (χ0) is 29.0. The molecule has 1 heterocycles. The summed E-state index contributed by atoms with van der Waals surface area (Å²) in [6.45, 7) is 15.7. The van der Waals surface area contributed by atoms with Gasteiger partial charge in [0, 0.05) is 27.1 Å². The van der Waals surface area contributed by atoms with Gasteiger partial charge in [-0.3, -0.25) is 9.59 Å². The third-order valence-corrected chi connectivity index (χ3v) is 7.74. The second-order valence-electron chi connectivity index (χ2n) is 12.0. The summed E-state index contributed by atoms with van der Waals surface area (Å²) < 4.78 is 12.8. The maximum Gasteiger partial charge on any atom is 0.408 e. The summed E-state index contributed by atoms with van der Waals surface area (Å²) in [4.78, 5) is 43.7. The first kappa shape index (κ1) is 32.2. The van der Waals surface area contributed by atoms with Crippen LogP contribution in [0.5, 0.6) is 0 Å². The lowest BCUT2D eigenvalue weighted by Crippen LogP contribution is -2.52. The van der Waals surface area contributed by atoms with Gasteiger partial charge in [0.2, 0.25) is 11.7 Å². The van der Waals surface area contributed by atoms with Gasteiger partial charge < -0.3 is 24.7 Å². The molecule has 0 aliphatic rings. The predicted molar refractivity (Wildman–Crippen MR) is 155 cm³/mol. The Bertz CT molecular complexity index is 1050. The molecule has 2 N–H and O–H groups in total. The number of hydrogen-bond donors (Lipinski definition) is 2. The molecule has 0 aliphatic carbocycles. The van der Waals surface area contributed by atoms with Crippen LogP contribution in [0.4, 0.5) is 4.79 Å². The molecule has 0 fully saturated rings. The number of nitrogens with one attached hydrogen (secondary N) is 2. The normalized spacial score (nSPS) is 13.3. The average Bonchev–Trinajstić information content (AvgIpc) is 3.32. The number of ether oxygens (including phenoxy) is 2. The third kappa shape index (κ3) is 12.2. The Balaban J connectivity index is 2.08. The van der Waals surface area contributed by atoms with E-state index in [1.165, 1.54) is 0 Å². The van der Waals surface area contributed by atoms with Crippen LogP contribution >= 0.6 is 0 Å². The minimum atomic E-state index is -1.23. The lowest BCUT2D eigenvalue weighted by molar-refractivity contribution is -0.124. The van der Waals surface area contributed by atoms with E-state index in [9.17, 15) is 14.4 Å². The molecule has 2 amide bonds. The minimum Gasteiger partial charge on any atom is -0.445 e. The Morgan fingerprint density at radius 3 is 2.21 bits per heavy atom. The van der Waals surface area contributed by atoms with Crippen molar-refractivity contribution in [2.45, 2.75) is 91.6 Å². The largest absolute Gasteiger partial charge is 0.445 e. The number of imidazole rings is 1. The number of carbonyl (C=O) groups is 3. The monoisotopic (exact) mass is 558 g/mol. The second kappa shape index (κ2) is 15.6. The Hall–Kier alpha value is -2.98. The van der Waals surface area contributed by atoms with Gasteiger partial charge >= 0.3 is 6.09 Å². The van der Waals surface area contributed by atoms with E-state index in [1.807, 2.05) is 58.0 Å². The van der Waals surface area contributed by atoms with Crippen molar-refractivity contribution in [2.75, 3.05) is 6.61 Å². The Morgan fingerprint density at radius 2 is 1.59 bits per heavy atom. The number of Topliss-reactive ketones (excluding diaryl/α,β-unsaturated/α-hetero) is 1. The molecule has 1 aromatic heterocycles. The zero-order valence-electron chi connectivity index (χ0n) is 24.5. The molecule has 0 radical (unpaired) electrons. The summed E-state index contributed by atoms with van der Waals surface area (Å²) in [5.41, 5.74) is 0.847. The van der Waals surface area contributed by atoms with Gasteiger partial charge in [-0.25, -0.2) is 9.78 Å². The lowest BCUT2D eigenvalue weighted by Gasteiger charge is -2.25. The molecule has 2 rings (SSSR count). The summed E-state index contributed by atoms with van der Waals surface area (Å²) in [5, 5.41) is 5.57. The first-order valence-corrected chi connectivity index (χ1v) is 17.5. The fraction of sp³-hybridized carbons (Fsp3) is 0.586. The van der Waals surface area contributed by atoms with Crippen LogP contribution in [0.2, 0.25) is 25.7 Å². The summed E-state index contributed by atoms with van der Waals surface area (Å²) in [6, 6.07) is 8.71. The summed E-state index contributed by atoms with van der Waals surface area (Å²) in [5.74, 6) is -0.205. The van der Waals surface area contributed by atoms with Crippen molar-refractivity contribution in [1.29, 1.82) is 0 Å². The topological polar surface area (TPSA) is 112 Å². The number of alkyl carbamates (subject to hydrolysis) is 1. The van der Waals surface area contributed by atoms with Gasteiger partial charge in [-0.15, -0.1) is 0 Å². The van der Waals surface area contributed by atoms with Gasteiger partial charge in [-0.2, -0.15) is 0 Å². The van der Waals surface area contributed by atoms with Crippen molar-refractivity contribution in [2.24, 2.45) is 11.8 Å². The van der Waals surface area contributed by atoms with E-state index in [0.717, 1.165) is 11.6 Å². The molecule has 0 bridgehead atoms. The van der Waals surface area contributed by atoms with Crippen molar-refractivity contribution in [3.8, 4) is 0 Å². The molecule has 10 heteroatoms. The molecule has 2 aromatic rings. The number of hydrogen-bond acceptors (Lipinski definition) is 6. The van der Waals surface area contributed by atoms with Crippen LogP contribution in [-0.2, 0) is 27.6 Å². The average molecular weight is 559 g/mol. The molecule has 0 aliphatic heterocycles. The summed E-state index contributed by atoms with van der Waals surface area (Å²) >= 11 is 0. The van der Waals surface area contributed by atoms with Gasteiger partial charge in [-0.05, 0) is 36.3 Å².